The van der Waals surface area contributed by atoms with Crippen LogP contribution in [-0.4, -0.2) is 27.0 Å². The van der Waals surface area contributed by atoms with Crippen LogP contribution in [0.3, 0.4) is 0 Å². The van der Waals surface area contributed by atoms with Crippen LogP contribution in [0.5, 0.6) is 5.75 Å². The third-order valence-electron chi connectivity index (χ3n) is 7.93. The molecule has 3 heteroatoms. The summed E-state index contributed by atoms with van der Waals surface area (Å²) in [6, 6.07) is 5.83. The number of benzene rings is 1. The minimum Gasteiger partial charge on any atom is -0.508 e. The maximum Gasteiger partial charge on any atom is 0.156 e. The average Bonchev–Trinajstić information content (AvgIpc) is 2.82. The highest BCUT2D eigenvalue weighted by atomic mass is 16.3. The zero-order valence-electron chi connectivity index (χ0n) is 15.8. The highest BCUT2D eigenvalue weighted by molar-refractivity contribution is 5.41. The van der Waals surface area contributed by atoms with Gasteiger partial charge in [0, 0.05) is 5.41 Å². The molecule has 3 aliphatic carbocycles. The summed E-state index contributed by atoms with van der Waals surface area (Å²) in [6.07, 6.45) is 10.5. The van der Waals surface area contributed by atoms with Crippen LogP contribution in [0, 0.1) is 35.5 Å². The van der Waals surface area contributed by atoms with Crippen LogP contribution in [0.4, 0.5) is 0 Å². The van der Waals surface area contributed by atoms with Crippen LogP contribution in [0.15, 0.2) is 18.2 Å². The number of aliphatic hydroxyl groups excluding tert-OH is 1. The van der Waals surface area contributed by atoms with Gasteiger partial charge in [0.1, 0.15) is 5.75 Å². The largest absolute Gasteiger partial charge is 0.508 e. The molecule has 26 heavy (non-hydrogen) atoms. The normalized spacial score (nSPS) is 43.9. The Kier molecular flexibility index (Phi) is 4.13. The highest BCUT2D eigenvalue weighted by Gasteiger charge is 2.66. The number of hydrogen-bond donors (Lipinski definition) is 3. The zero-order valence-corrected chi connectivity index (χ0v) is 15.8. The number of terminal acetylenes is 1. The summed E-state index contributed by atoms with van der Waals surface area (Å²) in [7, 11) is 0. The number of fused-ring (bicyclic) bond motifs is 5. The Hall–Kier alpha value is -1.50. The van der Waals surface area contributed by atoms with Crippen LogP contribution in [0.2, 0.25) is 0 Å². The summed E-state index contributed by atoms with van der Waals surface area (Å²) in [4.78, 5) is 0. The molecule has 4 rings (SSSR count). The molecule has 140 valence electrons. The van der Waals surface area contributed by atoms with Crippen LogP contribution in [0.25, 0.3) is 0 Å². The lowest BCUT2D eigenvalue weighted by molar-refractivity contribution is -0.114. The smallest absolute Gasteiger partial charge is 0.156 e. The number of rotatable bonds is 2. The third kappa shape index (κ3) is 2.22. The molecule has 2 saturated carbocycles. The fraction of sp³-hybridized carbons (Fsp3) is 0.652. The van der Waals surface area contributed by atoms with Crippen molar-refractivity contribution in [2.24, 2.45) is 23.2 Å². The number of aryl methyl sites for hydroxylation is 1. The van der Waals surface area contributed by atoms with Gasteiger partial charge in [-0.2, -0.15) is 0 Å². The van der Waals surface area contributed by atoms with Gasteiger partial charge < -0.3 is 15.3 Å². The van der Waals surface area contributed by atoms with Gasteiger partial charge in [-0.1, -0.05) is 38.7 Å². The Bertz CT molecular complexity index is 750. The van der Waals surface area contributed by atoms with E-state index in [2.05, 4.69) is 25.8 Å². The monoisotopic (exact) mass is 354 g/mol. The predicted molar refractivity (Wildman–Crippen MR) is 102 cm³/mol. The summed E-state index contributed by atoms with van der Waals surface area (Å²) in [5.41, 5.74) is 0.771. The quantitative estimate of drug-likeness (QED) is 0.711. The SMILES string of the molecule is C#C[C@]1(O)C(O)C[C@H]2[C@@H]3CCc4cc(O)ccc4[C@H]3[C@@H](CCC)C[C@@]21C. The van der Waals surface area contributed by atoms with E-state index in [-0.39, 0.29) is 5.92 Å². The van der Waals surface area contributed by atoms with Gasteiger partial charge in [-0.3, -0.25) is 0 Å². The second-order valence-electron chi connectivity index (χ2n) is 9.05. The van der Waals surface area contributed by atoms with E-state index in [4.69, 9.17) is 6.42 Å². The van der Waals surface area contributed by atoms with Crippen molar-refractivity contribution in [3.05, 3.63) is 29.3 Å². The number of hydrogen-bond acceptors (Lipinski definition) is 3. The first-order chi connectivity index (χ1) is 12.4. The van der Waals surface area contributed by atoms with Crippen molar-refractivity contribution in [2.75, 3.05) is 0 Å². The highest BCUT2D eigenvalue weighted by Crippen LogP contribution is 2.66. The van der Waals surface area contributed by atoms with Crippen molar-refractivity contribution >= 4 is 0 Å². The van der Waals surface area contributed by atoms with E-state index in [1.807, 2.05) is 6.07 Å². The van der Waals surface area contributed by atoms with Crippen LogP contribution < -0.4 is 0 Å². The first-order valence-corrected chi connectivity index (χ1v) is 10.1. The van der Waals surface area contributed by atoms with Gasteiger partial charge in [-0.25, -0.2) is 0 Å². The maximum absolute atomic E-state index is 11.2. The van der Waals surface area contributed by atoms with Crippen molar-refractivity contribution in [3.8, 4) is 18.1 Å². The van der Waals surface area contributed by atoms with Gasteiger partial charge in [0.25, 0.3) is 0 Å². The molecule has 0 heterocycles. The average molecular weight is 354 g/mol. The van der Waals surface area contributed by atoms with Gasteiger partial charge in [0.05, 0.1) is 6.10 Å². The Labute approximate surface area is 156 Å². The minimum absolute atomic E-state index is 0.235. The lowest BCUT2D eigenvalue weighted by Gasteiger charge is -2.55. The Morgan fingerprint density at radius 1 is 1.35 bits per heavy atom. The molecule has 0 amide bonds. The lowest BCUT2D eigenvalue weighted by atomic mass is 9.49. The number of phenolic OH excluding ortho intramolecular Hbond substituents is 1. The molecule has 7 atom stereocenters. The number of aliphatic hydroxyl groups is 2. The van der Waals surface area contributed by atoms with E-state index in [1.54, 1.807) is 6.07 Å². The molecule has 3 nitrogen and oxygen atoms in total. The van der Waals surface area contributed by atoms with E-state index in [0.29, 0.717) is 29.9 Å². The summed E-state index contributed by atoms with van der Waals surface area (Å²) in [6.45, 7) is 4.32. The molecule has 0 bridgehead atoms. The molecule has 1 aromatic rings. The molecule has 1 unspecified atom stereocenters. The van der Waals surface area contributed by atoms with Gasteiger partial charge in [0.2, 0.25) is 0 Å². The predicted octanol–water partition coefficient (Wildman–Crippen LogP) is 3.61. The van der Waals surface area contributed by atoms with Crippen molar-refractivity contribution in [2.45, 2.75) is 70.0 Å². The molecule has 0 aliphatic heterocycles. The van der Waals surface area contributed by atoms with Crippen molar-refractivity contribution in [1.82, 2.24) is 0 Å². The van der Waals surface area contributed by atoms with Crippen LogP contribution in [-0.2, 0) is 6.42 Å². The van der Waals surface area contributed by atoms with Gasteiger partial charge in [0.15, 0.2) is 5.60 Å². The fourth-order valence-corrected chi connectivity index (χ4v) is 6.80. The molecular weight excluding hydrogens is 324 g/mol. The number of aromatic hydroxyl groups is 1. The Morgan fingerprint density at radius 2 is 2.12 bits per heavy atom. The van der Waals surface area contributed by atoms with Crippen LogP contribution >= 0.6 is 0 Å². The molecule has 1 aromatic carbocycles. The topological polar surface area (TPSA) is 60.7 Å². The number of phenols is 1. The van der Waals surface area contributed by atoms with Gasteiger partial charge >= 0.3 is 0 Å². The third-order valence-corrected chi connectivity index (χ3v) is 7.93. The lowest BCUT2D eigenvalue weighted by Crippen LogP contribution is -2.55. The van der Waals surface area contributed by atoms with Crippen molar-refractivity contribution < 1.29 is 15.3 Å². The van der Waals surface area contributed by atoms with Gasteiger partial charge in [-0.15, -0.1) is 6.42 Å². The molecule has 0 saturated heterocycles. The van der Waals surface area contributed by atoms with E-state index in [0.717, 1.165) is 32.1 Å². The first-order valence-electron chi connectivity index (χ1n) is 10.1. The molecule has 3 N–H and O–H groups in total. The van der Waals surface area contributed by atoms with Crippen LogP contribution in [0.1, 0.15) is 63.0 Å². The van der Waals surface area contributed by atoms with Gasteiger partial charge in [-0.05, 0) is 72.6 Å². The molecule has 0 aromatic heterocycles. The van der Waals surface area contributed by atoms with E-state index in [1.165, 1.54) is 11.1 Å². The summed E-state index contributed by atoms with van der Waals surface area (Å²) in [5.74, 6) is 4.47. The minimum atomic E-state index is -1.43. The van der Waals surface area contributed by atoms with Crippen molar-refractivity contribution in [3.63, 3.8) is 0 Å². The second-order valence-corrected chi connectivity index (χ2v) is 9.05. The summed E-state index contributed by atoms with van der Waals surface area (Å²) >= 11 is 0. The fourth-order valence-electron chi connectivity index (χ4n) is 6.80. The molecule has 2 fully saturated rings. The van der Waals surface area contributed by atoms with E-state index in [9.17, 15) is 15.3 Å². The van der Waals surface area contributed by atoms with E-state index >= 15 is 0 Å². The summed E-state index contributed by atoms with van der Waals surface area (Å²) in [5, 5.41) is 31.8. The summed E-state index contributed by atoms with van der Waals surface area (Å²) < 4.78 is 0. The standard InChI is InChI=1S/C23H30O3/c1-4-6-15-13-22(3)19(12-20(25)23(22,26)5-2)18-9-7-14-11-16(24)8-10-17(14)21(15)18/h2,8,10-11,15,18-21,24-26H,4,6-7,9,12-13H2,1,3H3/t15-,18-,19-,20?,21+,22-,23-/m0/s1. The van der Waals surface area contributed by atoms with E-state index < -0.39 is 17.1 Å². The van der Waals surface area contributed by atoms with Crippen molar-refractivity contribution in [1.29, 1.82) is 0 Å². The Balaban J connectivity index is 1.81. The second kappa shape index (κ2) is 6.01. The molecule has 0 spiro atoms. The maximum atomic E-state index is 11.2. The molecule has 3 aliphatic rings. The molecule has 0 radical (unpaired) electrons. The zero-order chi connectivity index (χ0) is 18.7. The molecular formula is C23H30O3. The Morgan fingerprint density at radius 3 is 2.81 bits per heavy atom. The first kappa shape index (κ1) is 17.9.